The third-order valence-corrected chi connectivity index (χ3v) is 4.24. The van der Waals surface area contributed by atoms with Crippen LogP contribution in [0.25, 0.3) is 0 Å². The molecule has 3 nitrogen and oxygen atoms in total. The van der Waals surface area contributed by atoms with Crippen LogP contribution in [0.4, 0.5) is 11.4 Å². The maximum absolute atomic E-state index is 12.3. The summed E-state index contributed by atoms with van der Waals surface area (Å²) >= 11 is 0. The maximum atomic E-state index is 12.3. The fourth-order valence-corrected chi connectivity index (χ4v) is 3.25. The first-order valence-corrected chi connectivity index (χ1v) is 6.93. The van der Waals surface area contributed by atoms with Gasteiger partial charge in [0.2, 0.25) is 5.91 Å². The van der Waals surface area contributed by atoms with Crippen LogP contribution in [-0.2, 0) is 11.2 Å². The van der Waals surface area contributed by atoms with E-state index in [1.165, 1.54) is 31.2 Å². The summed E-state index contributed by atoms with van der Waals surface area (Å²) in [5, 5.41) is 0. The molecule has 96 valence electrons. The van der Waals surface area contributed by atoms with Crippen molar-refractivity contribution >= 4 is 17.3 Å². The summed E-state index contributed by atoms with van der Waals surface area (Å²) in [5.74, 6) is 0.917. The molecule has 1 aromatic carbocycles. The molecule has 0 bridgehead atoms. The maximum Gasteiger partial charge on any atom is 0.227 e. The molecular formula is C15H20N2O. The van der Waals surface area contributed by atoms with E-state index in [9.17, 15) is 4.79 Å². The lowest BCUT2D eigenvalue weighted by molar-refractivity contribution is -0.119. The predicted octanol–water partition coefficient (Wildman–Crippen LogP) is 2.74. The average molecular weight is 244 g/mol. The lowest BCUT2D eigenvalue weighted by Crippen LogP contribution is -2.30. The molecule has 0 unspecified atom stereocenters. The third-order valence-electron chi connectivity index (χ3n) is 4.24. The highest BCUT2D eigenvalue weighted by atomic mass is 16.2. The zero-order valence-corrected chi connectivity index (χ0v) is 10.7. The van der Waals surface area contributed by atoms with Gasteiger partial charge in [-0.2, -0.15) is 0 Å². The van der Waals surface area contributed by atoms with E-state index in [4.69, 9.17) is 5.73 Å². The second-order valence-electron chi connectivity index (χ2n) is 5.54. The van der Waals surface area contributed by atoms with Crippen molar-refractivity contribution in [3.63, 3.8) is 0 Å². The molecule has 1 aromatic rings. The van der Waals surface area contributed by atoms with Gasteiger partial charge >= 0.3 is 0 Å². The Balaban J connectivity index is 1.73. The van der Waals surface area contributed by atoms with Gasteiger partial charge in [0, 0.05) is 24.3 Å². The highest BCUT2D eigenvalue weighted by molar-refractivity contribution is 5.95. The van der Waals surface area contributed by atoms with Crippen LogP contribution >= 0.6 is 0 Å². The molecule has 1 aliphatic heterocycles. The molecular weight excluding hydrogens is 224 g/mol. The van der Waals surface area contributed by atoms with Gasteiger partial charge in [-0.3, -0.25) is 4.79 Å². The summed E-state index contributed by atoms with van der Waals surface area (Å²) in [6.45, 7) is 0.824. The zero-order chi connectivity index (χ0) is 12.5. The second kappa shape index (κ2) is 4.63. The van der Waals surface area contributed by atoms with Gasteiger partial charge in [0.05, 0.1) is 0 Å². The molecule has 3 rings (SSSR count). The number of nitrogens with zero attached hydrogens (tertiary/aromatic N) is 1. The Hall–Kier alpha value is -1.51. The Labute approximate surface area is 108 Å². The van der Waals surface area contributed by atoms with Crippen LogP contribution in [-0.4, -0.2) is 12.5 Å². The number of amides is 1. The number of nitrogens with two attached hydrogens (primary N) is 1. The van der Waals surface area contributed by atoms with Crippen LogP contribution in [0.3, 0.4) is 0 Å². The molecule has 18 heavy (non-hydrogen) atoms. The minimum Gasteiger partial charge on any atom is -0.399 e. The number of nitrogen functional groups attached to an aromatic ring is 1. The molecule has 0 atom stereocenters. The lowest BCUT2D eigenvalue weighted by Gasteiger charge is -2.19. The van der Waals surface area contributed by atoms with Crippen LogP contribution in [0.2, 0.25) is 0 Å². The van der Waals surface area contributed by atoms with Crippen molar-refractivity contribution < 1.29 is 4.79 Å². The smallest absolute Gasteiger partial charge is 0.227 e. The summed E-state index contributed by atoms with van der Waals surface area (Å²) in [6, 6.07) is 5.88. The highest BCUT2D eigenvalue weighted by Gasteiger charge is 2.27. The van der Waals surface area contributed by atoms with E-state index in [1.807, 2.05) is 23.1 Å². The topological polar surface area (TPSA) is 46.3 Å². The summed E-state index contributed by atoms with van der Waals surface area (Å²) in [4.78, 5) is 14.3. The molecule has 0 saturated heterocycles. The molecule has 1 fully saturated rings. The van der Waals surface area contributed by atoms with Gasteiger partial charge in [0.25, 0.3) is 0 Å². The van der Waals surface area contributed by atoms with Crippen LogP contribution < -0.4 is 10.6 Å². The van der Waals surface area contributed by atoms with Gasteiger partial charge in [-0.1, -0.05) is 12.8 Å². The van der Waals surface area contributed by atoms with E-state index >= 15 is 0 Å². The minimum atomic E-state index is 0.297. The van der Waals surface area contributed by atoms with E-state index in [0.717, 1.165) is 30.8 Å². The standard InChI is InChI=1S/C15H20N2O/c16-13-5-6-14-12(10-13)7-8-17(14)15(18)9-11-3-1-2-4-11/h5-6,10-11H,1-4,7-9,16H2. The number of benzene rings is 1. The van der Waals surface area contributed by atoms with Gasteiger partial charge in [-0.05, 0) is 48.9 Å². The molecule has 1 saturated carbocycles. The van der Waals surface area contributed by atoms with Crippen LogP contribution in [0.15, 0.2) is 18.2 Å². The normalized spacial score (nSPS) is 19.2. The Morgan fingerprint density at radius 2 is 2.11 bits per heavy atom. The predicted molar refractivity (Wildman–Crippen MR) is 73.5 cm³/mol. The van der Waals surface area contributed by atoms with E-state index < -0.39 is 0 Å². The number of carbonyl (C=O) groups is 1. The second-order valence-corrected chi connectivity index (χ2v) is 5.54. The fraction of sp³-hybridized carbons (Fsp3) is 0.533. The number of fused-ring (bicyclic) bond motifs is 1. The largest absolute Gasteiger partial charge is 0.399 e. The Morgan fingerprint density at radius 3 is 2.89 bits per heavy atom. The Bertz CT molecular complexity index is 464. The molecule has 1 amide bonds. The molecule has 1 heterocycles. The molecule has 2 aliphatic rings. The van der Waals surface area contributed by atoms with E-state index in [1.54, 1.807) is 0 Å². The van der Waals surface area contributed by atoms with E-state index in [2.05, 4.69) is 0 Å². The number of anilines is 2. The van der Waals surface area contributed by atoms with Crippen molar-refractivity contribution in [3.05, 3.63) is 23.8 Å². The van der Waals surface area contributed by atoms with Gasteiger partial charge in [-0.15, -0.1) is 0 Å². The van der Waals surface area contributed by atoms with E-state index in [0.29, 0.717) is 11.8 Å². The van der Waals surface area contributed by atoms with Crippen molar-refractivity contribution in [1.82, 2.24) is 0 Å². The van der Waals surface area contributed by atoms with Crippen molar-refractivity contribution in [2.45, 2.75) is 38.5 Å². The van der Waals surface area contributed by atoms with Crippen LogP contribution in [0, 0.1) is 5.92 Å². The van der Waals surface area contributed by atoms with Gasteiger partial charge < -0.3 is 10.6 Å². The Morgan fingerprint density at radius 1 is 1.33 bits per heavy atom. The molecule has 3 heteroatoms. The van der Waals surface area contributed by atoms with Crippen LogP contribution in [0.5, 0.6) is 0 Å². The first kappa shape index (κ1) is 11.6. The number of hydrogen-bond donors (Lipinski definition) is 1. The van der Waals surface area contributed by atoms with Gasteiger partial charge in [0.15, 0.2) is 0 Å². The minimum absolute atomic E-state index is 0.297. The van der Waals surface area contributed by atoms with E-state index in [-0.39, 0.29) is 0 Å². The summed E-state index contributed by atoms with van der Waals surface area (Å²) in [7, 11) is 0. The monoisotopic (exact) mass is 244 g/mol. The molecule has 0 aromatic heterocycles. The Kier molecular flexibility index (Phi) is 2.98. The first-order valence-electron chi connectivity index (χ1n) is 6.93. The van der Waals surface area contributed by atoms with Crippen molar-refractivity contribution in [3.8, 4) is 0 Å². The number of hydrogen-bond acceptors (Lipinski definition) is 2. The lowest BCUT2D eigenvalue weighted by atomic mass is 10.0. The summed E-state index contributed by atoms with van der Waals surface area (Å²) in [6.07, 6.45) is 6.72. The van der Waals surface area contributed by atoms with Gasteiger partial charge in [0.1, 0.15) is 0 Å². The van der Waals surface area contributed by atoms with Crippen molar-refractivity contribution in [1.29, 1.82) is 0 Å². The highest BCUT2D eigenvalue weighted by Crippen LogP contribution is 2.33. The molecule has 0 radical (unpaired) electrons. The number of rotatable bonds is 2. The molecule has 2 N–H and O–H groups in total. The van der Waals surface area contributed by atoms with Crippen molar-refractivity contribution in [2.24, 2.45) is 5.92 Å². The first-order chi connectivity index (χ1) is 8.74. The summed E-state index contributed by atoms with van der Waals surface area (Å²) in [5.41, 5.74) is 8.87. The summed E-state index contributed by atoms with van der Waals surface area (Å²) < 4.78 is 0. The quantitative estimate of drug-likeness (QED) is 0.813. The zero-order valence-electron chi connectivity index (χ0n) is 10.7. The molecule has 0 spiro atoms. The third kappa shape index (κ3) is 2.09. The van der Waals surface area contributed by atoms with Crippen molar-refractivity contribution in [2.75, 3.05) is 17.2 Å². The SMILES string of the molecule is Nc1ccc2c(c1)CCN2C(=O)CC1CCCC1. The van der Waals surface area contributed by atoms with Crippen LogP contribution in [0.1, 0.15) is 37.7 Å². The molecule has 1 aliphatic carbocycles. The fourth-order valence-electron chi connectivity index (χ4n) is 3.25. The van der Waals surface area contributed by atoms with Gasteiger partial charge in [-0.25, -0.2) is 0 Å². The number of carbonyl (C=O) groups excluding carboxylic acids is 1. The average Bonchev–Trinajstić information content (AvgIpc) is 2.97.